The molecule has 0 aliphatic carbocycles. The van der Waals surface area contributed by atoms with E-state index in [4.69, 9.17) is 0 Å². The van der Waals surface area contributed by atoms with Crippen LogP contribution in [0, 0.1) is 10.8 Å². The maximum absolute atomic E-state index is 13.6. The number of fused-ring (bicyclic) bond motifs is 1. The van der Waals surface area contributed by atoms with Crippen LogP contribution in [0.4, 0.5) is 5.95 Å². The number of amides is 1. The highest BCUT2D eigenvalue weighted by Gasteiger charge is 2.65. The Morgan fingerprint density at radius 2 is 1.80 bits per heavy atom. The lowest BCUT2D eigenvalue weighted by atomic mass is 9.60. The topological polar surface area (TPSA) is 65.5 Å². The standard InChI is InChI=1S/C23H30N6O/c1-2-28-14-8-23(20(28)30)18-29(21-25-10-4-11-26-21)17-22(23)6-12-27(13-7-22)16-19-5-3-9-24-15-19/h3-5,9-11,15H,2,6-8,12-14,16-18H2,1H3. The third kappa shape index (κ3) is 3.07. The molecular weight excluding hydrogens is 376 g/mol. The fraction of sp³-hybridized carbons (Fsp3) is 0.565. The summed E-state index contributed by atoms with van der Waals surface area (Å²) in [5, 5.41) is 0. The first kappa shape index (κ1) is 19.4. The normalized spacial score (nSPS) is 26.2. The lowest BCUT2D eigenvalue weighted by Gasteiger charge is -2.46. The van der Waals surface area contributed by atoms with Crippen molar-refractivity contribution in [2.45, 2.75) is 32.7 Å². The summed E-state index contributed by atoms with van der Waals surface area (Å²) in [6, 6.07) is 5.99. The van der Waals surface area contributed by atoms with Crippen molar-refractivity contribution in [2.75, 3.05) is 44.2 Å². The maximum Gasteiger partial charge on any atom is 0.231 e. The molecule has 5 rings (SSSR count). The van der Waals surface area contributed by atoms with Crippen molar-refractivity contribution in [3.63, 3.8) is 0 Å². The first-order chi connectivity index (χ1) is 14.7. The van der Waals surface area contributed by atoms with Gasteiger partial charge in [0.05, 0.1) is 5.41 Å². The van der Waals surface area contributed by atoms with Gasteiger partial charge in [0.1, 0.15) is 0 Å². The Labute approximate surface area is 178 Å². The summed E-state index contributed by atoms with van der Waals surface area (Å²) in [4.78, 5) is 33.7. The molecule has 7 nitrogen and oxygen atoms in total. The lowest BCUT2D eigenvalue weighted by Crippen LogP contribution is -2.52. The van der Waals surface area contributed by atoms with Crippen LogP contribution >= 0.6 is 0 Å². The van der Waals surface area contributed by atoms with E-state index in [1.54, 1.807) is 12.4 Å². The quantitative estimate of drug-likeness (QED) is 0.776. The minimum atomic E-state index is -0.303. The zero-order valence-electron chi connectivity index (χ0n) is 17.7. The van der Waals surface area contributed by atoms with Crippen LogP contribution in [-0.2, 0) is 11.3 Å². The average Bonchev–Trinajstić information content (AvgIpc) is 3.29. The number of rotatable bonds is 4. The SMILES string of the molecule is CCN1CCC2(CN(c3ncccn3)CC23CCN(Cc2cccnc2)CC3)C1=O. The molecule has 2 spiro atoms. The Balaban J connectivity index is 1.40. The number of nitrogens with zero attached hydrogens (tertiary/aromatic N) is 6. The molecule has 2 aromatic rings. The first-order valence-corrected chi connectivity index (χ1v) is 11.1. The number of piperidine rings is 1. The number of likely N-dealkylation sites (tertiary alicyclic amines) is 2. The number of pyridine rings is 1. The molecular formula is C23H30N6O. The Hall–Kier alpha value is -2.54. The van der Waals surface area contributed by atoms with Crippen LogP contribution < -0.4 is 4.90 Å². The molecule has 2 aromatic heterocycles. The van der Waals surface area contributed by atoms with Crippen molar-refractivity contribution in [1.82, 2.24) is 24.8 Å². The van der Waals surface area contributed by atoms with Gasteiger partial charge in [-0.3, -0.25) is 14.7 Å². The molecule has 158 valence electrons. The summed E-state index contributed by atoms with van der Waals surface area (Å²) >= 11 is 0. The van der Waals surface area contributed by atoms with Crippen molar-refractivity contribution in [2.24, 2.45) is 10.8 Å². The molecule has 0 radical (unpaired) electrons. The van der Waals surface area contributed by atoms with E-state index in [0.29, 0.717) is 5.91 Å². The van der Waals surface area contributed by atoms with E-state index in [2.05, 4.69) is 42.6 Å². The van der Waals surface area contributed by atoms with Gasteiger partial charge in [0, 0.05) is 62.9 Å². The Morgan fingerprint density at radius 3 is 2.47 bits per heavy atom. The monoisotopic (exact) mass is 406 g/mol. The second kappa shape index (κ2) is 7.61. The van der Waals surface area contributed by atoms with Gasteiger partial charge in [0.15, 0.2) is 0 Å². The Morgan fingerprint density at radius 1 is 1.00 bits per heavy atom. The van der Waals surface area contributed by atoms with Crippen molar-refractivity contribution in [3.05, 3.63) is 48.5 Å². The first-order valence-electron chi connectivity index (χ1n) is 11.1. The van der Waals surface area contributed by atoms with Gasteiger partial charge in [-0.25, -0.2) is 9.97 Å². The van der Waals surface area contributed by atoms with Gasteiger partial charge in [0.2, 0.25) is 11.9 Å². The highest BCUT2D eigenvalue weighted by Crippen LogP contribution is 2.58. The second-order valence-corrected chi connectivity index (χ2v) is 9.04. The smallest absolute Gasteiger partial charge is 0.231 e. The molecule has 0 bridgehead atoms. The summed E-state index contributed by atoms with van der Waals surface area (Å²) in [5.74, 6) is 1.11. The van der Waals surface area contributed by atoms with E-state index in [1.165, 1.54) is 5.56 Å². The number of aromatic nitrogens is 3. The summed E-state index contributed by atoms with van der Waals surface area (Å²) in [5.41, 5.74) is 0.948. The number of anilines is 1. The van der Waals surface area contributed by atoms with Crippen molar-refractivity contribution in [1.29, 1.82) is 0 Å². The van der Waals surface area contributed by atoms with Gasteiger partial charge in [0.25, 0.3) is 0 Å². The molecule has 0 N–H and O–H groups in total. The van der Waals surface area contributed by atoms with Gasteiger partial charge >= 0.3 is 0 Å². The molecule has 3 aliphatic rings. The van der Waals surface area contributed by atoms with Crippen LogP contribution in [0.25, 0.3) is 0 Å². The van der Waals surface area contributed by atoms with Gasteiger partial charge in [-0.1, -0.05) is 6.07 Å². The van der Waals surface area contributed by atoms with E-state index in [-0.39, 0.29) is 10.8 Å². The van der Waals surface area contributed by atoms with E-state index >= 15 is 0 Å². The summed E-state index contributed by atoms with van der Waals surface area (Å²) in [6.07, 6.45) is 10.4. The van der Waals surface area contributed by atoms with Gasteiger partial charge in [-0.2, -0.15) is 0 Å². The number of carbonyl (C=O) groups is 1. The van der Waals surface area contributed by atoms with E-state index in [1.807, 2.05) is 24.5 Å². The van der Waals surface area contributed by atoms with E-state index < -0.39 is 0 Å². The predicted octanol–water partition coefficient (Wildman–Crippen LogP) is 2.21. The number of hydrogen-bond donors (Lipinski definition) is 0. The zero-order valence-corrected chi connectivity index (χ0v) is 17.7. The summed E-state index contributed by atoms with van der Waals surface area (Å²) in [7, 11) is 0. The molecule has 5 heterocycles. The summed E-state index contributed by atoms with van der Waals surface area (Å²) < 4.78 is 0. The Bertz CT molecular complexity index is 883. The van der Waals surface area contributed by atoms with Gasteiger partial charge in [-0.15, -0.1) is 0 Å². The van der Waals surface area contributed by atoms with Crippen LogP contribution in [0.2, 0.25) is 0 Å². The molecule has 30 heavy (non-hydrogen) atoms. The minimum absolute atomic E-state index is 0.00135. The molecule has 3 fully saturated rings. The third-order valence-electron chi connectivity index (χ3n) is 7.63. The van der Waals surface area contributed by atoms with Crippen molar-refractivity contribution < 1.29 is 4.79 Å². The highest BCUT2D eigenvalue weighted by molar-refractivity contribution is 5.87. The Kier molecular flexibility index (Phi) is 4.93. The van der Waals surface area contributed by atoms with Crippen LogP contribution in [0.1, 0.15) is 31.7 Å². The van der Waals surface area contributed by atoms with E-state index in [9.17, 15) is 4.79 Å². The zero-order chi connectivity index (χ0) is 20.6. The molecule has 3 saturated heterocycles. The van der Waals surface area contributed by atoms with Crippen molar-refractivity contribution in [3.8, 4) is 0 Å². The van der Waals surface area contributed by atoms with Crippen LogP contribution in [0.5, 0.6) is 0 Å². The fourth-order valence-electron chi connectivity index (χ4n) is 5.97. The number of carbonyl (C=O) groups excluding carboxylic acids is 1. The van der Waals surface area contributed by atoms with Crippen LogP contribution in [-0.4, -0.2) is 69.9 Å². The molecule has 0 aromatic carbocycles. The molecule has 1 atom stereocenters. The van der Waals surface area contributed by atoms with Gasteiger partial charge in [-0.05, 0) is 57.0 Å². The molecule has 1 unspecified atom stereocenters. The third-order valence-corrected chi connectivity index (χ3v) is 7.63. The lowest BCUT2D eigenvalue weighted by molar-refractivity contribution is -0.142. The molecule has 3 aliphatic heterocycles. The van der Waals surface area contributed by atoms with Gasteiger partial charge < -0.3 is 9.80 Å². The molecule has 1 amide bonds. The number of hydrogen-bond acceptors (Lipinski definition) is 6. The summed E-state index contributed by atoms with van der Waals surface area (Å²) in [6.45, 7) is 8.34. The largest absolute Gasteiger partial charge is 0.342 e. The average molecular weight is 407 g/mol. The highest BCUT2D eigenvalue weighted by atomic mass is 16.2. The van der Waals surface area contributed by atoms with Crippen LogP contribution in [0.15, 0.2) is 43.0 Å². The predicted molar refractivity (Wildman–Crippen MR) is 115 cm³/mol. The fourth-order valence-corrected chi connectivity index (χ4v) is 5.97. The molecule has 0 saturated carbocycles. The van der Waals surface area contributed by atoms with E-state index in [0.717, 1.165) is 71.0 Å². The van der Waals surface area contributed by atoms with Crippen LogP contribution in [0.3, 0.4) is 0 Å². The second-order valence-electron chi connectivity index (χ2n) is 9.04. The minimum Gasteiger partial charge on any atom is -0.342 e. The molecule has 7 heteroatoms. The van der Waals surface area contributed by atoms with Crippen molar-refractivity contribution >= 4 is 11.9 Å². The maximum atomic E-state index is 13.6.